The summed E-state index contributed by atoms with van der Waals surface area (Å²) in [5, 5.41) is 3.21. The van der Waals surface area contributed by atoms with Gasteiger partial charge in [-0.2, -0.15) is 0 Å². The van der Waals surface area contributed by atoms with Crippen LogP contribution in [-0.4, -0.2) is 9.55 Å². The van der Waals surface area contributed by atoms with Crippen molar-refractivity contribution in [2.75, 3.05) is 5.32 Å². The van der Waals surface area contributed by atoms with Crippen molar-refractivity contribution in [1.82, 2.24) is 9.55 Å². The first-order valence-electron chi connectivity index (χ1n) is 9.72. The van der Waals surface area contributed by atoms with Crippen LogP contribution in [0.1, 0.15) is 44.4 Å². The molecule has 28 heavy (non-hydrogen) atoms. The molecular weight excluding hydrogens is 353 g/mol. The third-order valence-electron chi connectivity index (χ3n) is 3.77. The molecule has 3 rings (SSSR count). The molecule has 0 saturated heterocycles. The minimum absolute atomic E-state index is 0.107. The van der Waals surface area contributed by atoms with E-state index < -0.39 is 0 Å². The number of aromatic nitrogens is 2. The van der Waals surface area contributed by atoms with Crippen LogP contribution in [-0.2, 0) is 13.1 Å². The van der Waals surface area contributed by atoms with Gasteiger partial charge in [-0.1, -0.05) is 70.2 Å². The number of rotatable bonds is 5. The van der Waals surface area contributed by atoms with E-state index in [4.69, 9.17) is 0 Å². The first kappa shape index (κ1) is 23.1. The maximum atomic E-state index is 13.1. The summed E-state index contributed by atoms with van der Waals surface area (Å²) in [7, 11) is 0. The molecule has 1 heterocycles. The number of halogens is 1. The average molecular weight is 384 g/mol. The summed E-state index contributed by atoms with van der Waals surface area (Å²) in [6, 6.07) is 16.0. The van der Waals surface area contributed by atoms with Gasteiger partial charge in [-0.3, -0.25) is 9.36 Å². The smallest absolute Gasteiger partial charge is 0.258 e. The summed E-state index contributed by atoms with van der Waals surface area (Å²) in [6.45, 7) is 10.6. The minimum atomic E-state index is -0.295. The van der Waals surface area contributed by atoms with Crippen molar-refractivity contribution in [3.63, 3.8) is 0 Å². The maximum absolute atomic E-state index is 13.1. The number of aryl methyl sites for hydroxylation is 1. The van der Waals surface area contributed by atoms with Crippen LogP contribution in [0.4, 0.5) is 10.3 Å². The fourth-order valence-electron chi connectivity index (χ4n) is 2.43. The first-order chi connectivity index (χ1) is 13.6. The van der Waals surface area contributed by atoms with Gasteiger partial charge in [-0.25, -0.2) is 9.37 Å². The Hall–Kier alpha value is -2.95. The number of hydrogen-bond donors (Lipinski definition) is 1. The summed E-state index contributed by atoms with van der Waals surface area (Å²) < 4.78 is 14.6. The molecule has 0 saturated carbocycles. The van der Waals surface area contributed by atoms with Gasteiger partial charge < -0.3 is 5.32 Å². The van der Waals surface area contributed by atoms with Crippen LogP contribution >= 0.6 is 0 Å². The lowest BCUT2D eigenvalue weighted by Gasteiger charge is -2.14. The average Bonchev–Trinajstić information content (AvgIpc) is 2.76. The van der Waals surface area contributed by atoms with Gasteiger partial charge in [0.2, 0.25) is 5.95 Å². The monoisotopic (exact) mass is 383 g/mol. The van der Waals surface area contributed by atoms with Gasteiger partial charge in [0.05, 0.1) is 6.54 Å². The van der Waals surface area contributed by atoms with Crippen molar-refractivity contribution >= 4 is 5.95 Å². The number of nitrogens with zero attached hydrogens (tertiary/aromatic N) is 2. The third-order valence-corrected chi connectivity index (χ3v) is 3.77. The lowest BCUT2D eigenvalue weighted by molar-refractivity contribution is 0.626. The van der Waals surface area contributed by atoms with Crippen molar-refractivity contribution < 1.29 is 4.39 Å². The van der Waals surface area contributed by atoms with Crippen LogP contribution in [0.3, 0.4) is 0 Å². The van der Waals surface area contributed by atoms with Crippen molar-refractivity contribution in [1.29, 1.82) is 0 Å². The van der Waals surface area contributed by atoms with Crippen LogP contribution in [0, 0.1) is 12.7 Å². The highest BCUT2D eigenvalue weighted by molar-refractivity contribution is 5.31. The van der Waals surface area contributed by atoms with Crippen LogP contribution in [0.15, 0.2) is 65.6 Å². The molecule has 0 fully saturated rings. The second-order valence-corrected chi connectivity index (χ2v) is 5.62. The van der Waals surface area contributed by atoms with Crippen LogP contribution in [0.2, 0.25) is 0 Å². The Morgan fingerprint density at radius 1 is 0.929 bits per heavy atom. The molecule has 2 aromatic carbocycles. The standard InChI is InChI=1S/C19H18FN3O.2C2H6/c1-14-11-21-19(22-12-15-5-3-2-4-6-15)23(18(14)24)13-16-7-9-17(20)10-8-16;2*1-2/h2-11H,12-13H2,1H3,(H,21,22);2*1-2H3. The highest BCUT2D eigenvalue weighted by Gasteiger charge is 2.09. The summed E-state index contributed by atoms with van der Waals surface area (Å²) >= 11 is 0. The lowest BCUT2D eigenvalue weighted by atomic mass is 10.2. The van der Waals surface area contributed by atoms with E-state index in [-0.39, 0.29) is 11.4 Å². The molecule has 0 aliphatic rings. The number of hydrogen-bond acceptors (Lipinski definition) is 3. The topological polar surface area (TPSA) is 46.9 Å². The Labute approximate surface area is 167 Å². The molecule has 5 heteroatoms. The van der Waals surface area contributed by atoms with Crippen molar-refractivity contribution in [3.8, 4) is 0 Å². The second kappa shape index (κ2) is 12.4. The zero-order chi connectivity index (χ0) is 20.9. The van der Waals surface area contributed by atoms with Gasteiger partial charge in [0.25, 0.3) is 5.56 Å². The van der Waals surface area contributed by atoms with E-state index in [2.05, 4.69) is 10.3 Å². The summed E-state index contributed by atoms with van der Waals surface area (Å²) in [5.41, 5.74) is 2.40. The normalized spacial score (nSPS) is 9.50. The van der Waals surface area contributed by atoms with E-state index in [1.165, 1.54) is 12.1 Å². The van der Waals surface area contributed by atoms with E-state index in [0.717, 1.165) is 11.1 Å². The molecule has 0 spiro atoms. The van der Waals surface area contributed by atoms with Gasteiger partial charge >= 0.3 is 0 Å². The fourth-order valence-corrected chi connectivity index (χ4v) is 2.43. The molecule has 0 atom stereocenters. The molecule has 0 aliphatic heterocycles. The van der Waals surface area contributed by atoms with Gasteiger partial charge in [0.1, 0.15) is 5.82 Å². The molecule has 4 nitrogen and oxygen atoms in total. The summed E-state index contributed by atoms with van der Waals surface area (Å²) in [4.78, 5) is 16.8. The van der Waals surface area contributed by atoms with Gasteiger partial charge in [0.15, 0.2) is 0 Å². The van der Waals surface area contributed by atoms with E-state index in [0.29, 0.717) is 24.6 Å². The number of anilines is 1. The molecule has 0 radical (unpaired) electrons. The number of nitrogens with one attached hydrogen (secondary N) is 1. The Balaban J connectivity index is 0.000000921. The van der Waals surface area contributed by atoms with Crippen molar-refractivity contribution in [2.45, 2.75) is 47.7 Å². The molecule has 1 N–H and O–H groups in total. The summed E-state index contributed by atoms with van der Waals surface area (Å²) in [5.74, 6) is 0.203. The van der Waals surface area contributed by atoms with E-state index in [1.54, 1.807) is 29.8 Å². The predicted octanol–water partition coefficient (Wildman–Crippen LogP) is 5.40. The van der Waals surface area contributed by atoms with Crippen molar-refractivity contribution in [2.24, 2.45) is 0 Å². The zero-order valence-corrected chi connectivity index (χ0v) is 17.4. The van der Waals surface area contributed by atoms with Gasteiger partial charge in [0, 0.05) is 18.3 Å². The second-order valence-electron chi connectivity index (χ2n) is 5.62. The lowest BCUT2D eigenvalue weighted by Crippen LogP contribution is -2.27. The van der Waals surface area contributed by atoms with Crippen LogP contribution in [0.5, 0.6) is 0 Å². The quantitative estimate of drug-likeness (QED) is 0.641. The van der Waals surface area contributed by atoms with E-state index in [1.807, 2.05) is 58.0 Å². The summed E-state index contributed by atoms with van der Waals surface area (Å²) in [6.07, 6.45) is 1.57. The Kier molecular flexibility index (Phi) is 10.3. The molecule has 0 amide bonds. The Morgan fingerprint density at radius 3 is 2.14 bits per heavy atom. The fraction of sp³-hybridized carbons (Fsp3) is 0.304. The SMILES string of the molecule is CC.CC.Cc1cnc(NCc2ccccc2)n(Cc2ccc(F)cc2)c1=O. The zero-order valence-electron chi connectivity index (χ0n) is 17.4. The predicted molar refractivity (Wildman–Crippen MR) is 115 cm³/mol. The number of benzene rings is 2. The Bertz CT molecular complexity index is 875. The minimum Gasteiger partial charge on any atom is -0.351 e. The van der Waals surface area contributed by atoms with Crippen LogP contribution in [0.25, 0.3) is 0 Å². The highest BCUT2D eigenvalue weighted by Crippen LogP contribution is 2.10. The highest BCUT2D eigenvalue weighted by atomic mass is 19.1. The molecule has 3 aromatic rings. The molecule has 1 aromatic heterocycles. The molecule has 0 aliphatic carbocycles. The first-order valence-corrected chi connectivity index (χ1v) is 9.72. The van der Waals surface area contributed by atoms with Gasteiger partial charge in [-0.05, 0) is 30.2 Å². The molecule has 0 bridgehead atoms. The van der Waals surface area contributed by atoms with Crippen LogP contribution < -0.4 is 10.9 Å². The maximum Gasteiger partial charge on any atom is 0.258 e. The van der Waals surface area contributed by atoms with E-state index in [9.17, 15) is 9.18 Å². The molecule has 150 valence electrons. The van der Waals surface area contributed by atoms with Gasteiger partial charge in [-0.15, -0.1) is 0 Å². The van der Waals surface area contributed by atoms with E-state index >= 15 is 0 Å². The van der Waals surface area contributed by atoms with Crippen molar-refractivity contribution in [3.05, 3.63) is 93.7 Å². The molecule has 0 unspecified atom stereocenters. The Morgan fingerprint density at radius 2 is 1.54 bits per heavy atom. The molecular formula is C23H30FN3O. The third kappa shape index (κ3) is 6.65. The largest absolute Gasteiger partial charge is 0.351 e.